The second-order valence-electron chi connectivity index (χ2n) is 10.8. The summed E-state index contributed by atoms with van der Waals surface area (Å²) in [4.78, 5) is 48.3. The summed E-state index contributed by atoms with van der Waals surface area (Å²) < 4.78 is 0. The molecule has 4 aromatic carbocycles. The fraction of sp³-hybridized carbons (Fsp3) is 0.125. The third-order valence-electron chi connectivity index (χ3n) is 8.83. The van der Waals surface area contributed by atoms with Gasteiger partial charge in [0.25, 0.3) is 5.69 Å². The van der Waals surface area contributed by atoms with Gasteiger partial charge in [-0.1, -0.05) is 60.7 Å². The van der Waals surface area contributed by atoms with Crippen LogP contribution in [0, 0.1) is 22.0 Å². The molecule has 0 saturated carbocycles. The highest BCUT2D eigenvalue weighted by Crippen LogP contribution is 2.63. The van der Waals surface area contributed by atoms with E-state index < -0.39 is 22.2 Å². The molecule has 42 heavy (non-hydrogen) atoms. The number of imide groups is 1. The number of anilines is 2. The van der Waals surface area contributed by atoms with Crippen molar-refractivity contribution in [3.63, 3.8) is 0 Å². The summed E-state index contributed by atoms with van der Waals surface area (Å²) in [7, 11) is 0. The van der Waals surface area contributed by atoms with Gasteiger partial charge < -0.3 is 4.98 Å². The summed E-state index contributed by atoms with van der Waals surface area (Å²) in [5.41, 5.74) is 7.64. The van der Waals surface area contributed by atoms with Crippen LogP contribution in [0.25, 0.3) is 11.0 Å². The van der Waals surface area contributed by atoms with Crippen LogP contribution in [0.4, 0.5) is 17.3 Å². The topological polar surface area (TPSA) is 134 Å². The van der Waals surface area contributed by atoms with Crippen LogP contribution in [0.2, 0.25) is 0 Å². The highest BCUT2D eigenvalue weighted by Gasteiger charge is 2.68. The second kappa shape index (κ2) is 8.68. The lowest BCUT2D eigenvalue weighted by molar-refractivity contribution is -0.384. The minimum Gasteiger partial charge on any atom is -0.323 e. The van der Waals surface area contributed by atoms with E-state index in [4.69, 9.17) is 0 Å². The quantitative estimate of drug-likeness (QED) is 0.134. The van der Waals surface area contributed by atoms with E-state index in [1.807, 2.05) is 72.8 Å². The lowest BCUT2D eigenvalue weighted by atomic mass is 9.47. The van der Waals surface area contributed by atoms with Gasteiger partial charge in [-0.05, 0) is 46.5 Å². The molecule has 4 aliphatic rings. The maximum absolute atomic E-state index is 14.4. The molecule has 1 aromatic heterocycles. The molecule has 0 unspecified atom stereocenters. The van der Waals surface area contributed by atoms with Crippen LogP contribution in [0.1, 0.15) is 28.2 Å². The highest BCUT2D eigenvalue weighted by molar-refractivity contribution is 6.25. The molecule has 2 atom stereocenters. The molecule has 0 radical (unpaired) electrons. The van der Waals surface area contributed by atoms with Crippen LogP contribution >= 0.6 is 0 Å². The number of aromatic nitrogens is 2. The Bertz CT molecular complexity index is 1900. The first-order valence-corrected chi connectivity index (χ1v) is 13.5. The average Bonchev–Trinajstić information content (AvgIpc) is 3.55. The van der Waals surface area contributed by atoms with Crippen LogP contribution < -0.4 is 10.3 Å². The summed E-state index contributed by atoms with van der Waals surface area (Å²) in [5.74, 6) is -1.99. The number of para-hydroxylation sites is 2. The number of fused-ring (bicyclic) bond motifs is 1. The molecule has 1 fully saturated rings. The molecule has 5 aromatic rings. The standard InChI is InChI=1S/C32H22N6O4/c39-29-27-26-20-7-1-3-9-22(20)32(23-10-4-2-8-21(23)26,17-33-36-31-34-24-11-5-6-12-25(24)35-31)28(27)30(40)37(29)18-13-15-19(16-14-18)38(41)42/h1-17,26-28H,(H2,34,35,36)/b33-17-/t26?,27-,28-,32?/m0/s1. The van der Waals surface area contributed by atoms with Gasteiger partial charge in [-0.2, -0.15) is 5.10 Å². The largest absolute Gasteiger partial charge is 0.323 e. The number of nitrogens with one attached hydrogen (secondary N) is 2. The number of carbonyl (C=O) groups is 2. The molecule has 1 aliphatic heterocycles. The number of nitro groups is 1. The predicted molar refractivity (Wildman–Crippen MR) is 156 cm³/mol. The van der Waals surface area contributed by atoms with Gasteiger partial charge in [0, 0.05) is 24.3 Å². The van der Waals surface area contributed by atoms with E-state index in [9.17, 15) is 19.7 Å². The van der Waals surface area contributed by atoms with Crippen LogP contribution in [0.15, 0.2) is 102 Å². The Morgan fingerprint density at radius 3 is 2.19 bits per heavy atom. The number of carbonyl (C=O) groups excluding carboxylic acids is 2. The predicted octanol–water partition coefficient (Wildman–Crippen LogP) is 5.12. The van der Waals surface area contributed by atoms with Crippen LogP contribution in [-0.2, 0) is 15.0 Å². The van der Waals surface area contributed by atoms with Crippen molar-refractivity contribution in [1.29, 1.82) is 0 Å². The molecule has 3 aliphatic carbocycles. The van der Waals surface area contributed by atoms with Gasteiger partial charge in [0.1, 0.15) is 0 Å². The molecule has 204 valence electrons. The number of rotatable bonds is 5. The Labute approximate surface area is 238 Å². The molecular formula is C32H22N6O4. The Morgan fingerprint density at radius 2 is 1.52 bits per heavy atom. The Morgan fingerprint density at radius 1 is 0.881 bits per heavy atom. The van der Waals surface area contributed by atoms with E-state index in [2.05, 4.69) is 20.5 Å². The SMILES string of the molecule is O=C1[C@@H]2[C@@H](C(=O)N1c1ccc([N+](=O)[O-])cc1)C1c3ccccc3C2(/C=N\Nc2nc3ccccc3[nH]2)c2ccccc21. The fourth-order valence-electron chi connectivity index (χ4n) is 7.23. The van der Waals surface area contributed by atoms with Crippen molar-refractivity contribution in [1.82, 2.24) is 9.97 Å². The number of amides is 2. The number of benzene rings is 4. The van der Waals surface area contributed by atoms with E-state index in [-0.39, 0.29) is 23.4 Å². The molecule has 2 bridgehead atoms. The van der Waals surface area contributed by atoms with Gasteiger partial charge in [-0.25, -0.2) is 15.3 Å². The Balaban J connectivity index is 1.29. The van der Waals surface area contributed by atoms with Crippen molar-refractivity contribution >= 4 is 46.4 Å². The Hall–Kier alpha value is -5.64. The van der Waals surface area contributed by atoms with Gasteiger partial charge in [-0.15, -0.1) is 0 Å². The van der Waals surface area contributed by atoms with Gasteiger partial charge in [0.15, 0.2) is 0 Å². The summed E-state index contributed by atoms with van der Waals surface area (Å²) in [5, 5.41) is 15.9. The van der Waals surface area contributed by atoms with Crippen molar-refractivity contribution in [3.05, 3.63) is 129 Å². The highest BCUT2D eigenvalue weighted by atomic mass is 16.6. The fourth-order valence-corrected chi connectivity index (χ4v) is 7.23. The lowest BCUT2D eigenvalue weighted by Gasteiger charge is -2.52. The second-order valence-corrected chi connectivity index (χ2v) is 10.8. The number of nitrogens with zero attached hydrogens (tertiary/aromatic N) is 4. The van der Waals surface area contributed by atoms with Crippen LogP contribution in [0.3, 0.4) is 0 Å². The average molecular weight is 555 g/mol. The van der Waals surface area contributed by atoms with E-state index >= 15 is 0 Å². The van der Waals surface area contributed by atoms with Crippen molar-refractivity contribution < 1.29 is 14.5 Å². The van der Waals surface area contributed by atoms with E-state index in [0.29, 0.717) is 11.6 Å². The third kappa shape index (κ3) is 3.14. The molecule has 2 N–H and O–H groups in total. The minimum absolute atomic E-state index is 0.115. The van der Waals surface area contributed by atoms with E-state index in [1.54, 1.807) is 6.21 Å². The number of nitro benzene ring substituents is 1. The van der Waals surface area contributed by atoms with Crippen molar-refractivity contribution in [2.75, 3.05) is 10.3 Å². The summed E-state index contributed by atoms with van der Waals surface area (Å²) in [6.07, 6.45) is 1.75. The van der Waals surface area contributed by atoms with Crippen molar-refractivity contribution in [2.45, 2.75) is 11.3 Å². The number of non-ortho nitro benzene ring substituents is 1. The lowest BCUT2D eigenvalue weighted by Crippen LogP contribution is -2.54. The van der Waals surface area contributed by atoms with Gasteiger partial charge in [0.2, 0.25) is 17.8 Å². The maximum atomic E-state index is 14.4. The Kier molecular flexibility index (Phi) is 5.00. The molecular weight excluding hydrogens is 532 g/mol. The monoisotopic (exact) mass is 554 g/mol. The number of aromatic amines is 1. The van der Waals surface area contributed by atoms with Gasteiger partial charge in [0.05, 0.1) is 38.9 Å². The number of hydrogen-bond donors (Lipinski definition) is 2. The maximum Gasteiger partial charge on any atom is 0.269 e. The first kappa shape index (κ1) is 24.2. The van der Waals surface area contributed by atoms with Crippen molar-refractivity contribution in [2.24, 2.45) is 16.9 Å². The van der Waals surface area contributed by atoms with Crippen LogP contribution in [0.5, 0.6) is 0 Å². The van der Waals surface area contributed by atoms with Crippen molar-refractivity contribution in [3.8, 4) is 0 Å². The number of hydrogen-bond acceptors (Lipinski definition) is 7. The third-order valence-corrected chi connectivity index (χ3v) is 8.83. The molecule has 1 saturated heterocycles. The van der Waals surface area contributed by atoms with Crippen LogP contribution in [-0.4, -0.2) is 32.9 Å². The molecule has 2 heterocycles. The molecule has 10 heteroatoms. The first-order chi connectivity index (χ1) is 20.5. The zero-order valence-corrected chi connectivity index (χ0v) is 22.0. The zero-order valence-electron chi connectivity index (χ0n) is 22.0. The van der Waals surface area contributed by atoms with E-state index in [0.717, 1.165) is 33.3 Å². The number of imidazole rings is 1. The summed E-state index contributed by atoms with van der Waals surface area (Å²) in [6.45, 7) is 0. The number of hydrazone groups is 1. The van der Waals surface area contributed by atoms with E-state index in [1.165, 1.54) is 29.2 Å². The molecule has 2 amide bonds. The zero-order chi connectivity index (χ0) is 28.6. The smallest absolute Gasteiger partial charge is 0.269 e. The molecule has 9 rings (SSSR count). The first-order valence-electron chi connectivity index (χ1n) is 13.5. The minimum atomic E-state index is -1.05. The summed E-state index contributed by atoms with van der Waals surface area (Å²) in [6, 6.07) is 29.0. The van der Waals surface area contributed by atoms with Gasteiger partial charge >= 0.3 is 0 Å². The normalized spacial score (nSPS) is 23.7. The summed E-state index contributed by atoms with van der Waals surface area (Å²) >= 11 is 0. The number of H-pyrrole nitrogens is 1. The molecule has 0 spiro atoms. The molecule has 10 nitrogen and oxygen atoms in total. The van der Waals surface area contributed by atoms with Gasteiger partial charge in [-0.3, -0.25) is 19.7 Å².